The van der Waals surface area contributed by atoms with E-state index in [1.807, 2.05) is 0 Å². The highest BCUT2D eigenvalue weighted by molar-refractivity contribution is 5.83. The van der Waals surface area contributed by atoms with Gasteiger partial charge in [0.2, 0.25) is 0 Å². The van der Waals surface area contributed by atoms with Crippen LogP contribution in [0.15, 0.2) is 47.4 Å². The van der Waals surface area contributed by atoms with Crippen molar-refractivity contribution in [3.63, 3.8) is 0 Å². The van der Waals surface area contributed by atoms with Crippen molar-refractivity contribution >= 4 is 11.9 Å². The van der Waals surface area contributed by atoms with Crippen molar-refractivity contribution in [1.82, 2.24) is 9.88 Å². The molecule has 10 heteroatoms. The molecule has 1 aromatic heterocycles. The Balaban J connectivity index is 1.92. The highest BCUT2D eigenvalue weighted by Crippen LogP contribution is 2.27. The van der Waals surface area contributed by atoms with E-state index >= 15 is 0 Å². The number of esters is 1. The van der Waals surface area contributed by atoms with E-state index in [0.717, 1.165) is 0 Å². The third-order valence-corrected chi connectivity index (χ3v) is 3.67. The minimum Gasteiger partial charge on any atom is -0.451 e. The molecule has 0 saturated heterocycles. The Bertz CT molecular complexity index is 907. The molecule has 0 fully saturated rings. The SMILES string of the molecule is CC(OC(=O)Cn1cc(C(F)(F)F)ccc1=O)C(=O)NCc1ccc(F)cc1. The predicted octanol–water partition coefficient (Wildman–Crippen LogP) is 2.25. The van der Waals surface area contributed by atoms with Gasteiger partial charge in [-0.1, -0.05) is 12.1 Å². The highest BCUT2D eigenvalue weighted by Gasteiger charge is 2.31. The van der Waals surface area contributed by atoms with Crippen LogP contribution in [0.1, 0.15) is 18.1 Å². The molecule has 150 valence electrons. The molecule has 28 heavy (non-hydrogen) atoms. The molecule has 0 saturated carbocycles. The van der Waals surface area contributed by atoms with Gasteiger partial charge in [-0.2, -0.15) is 13.2 Å². The molecular formula is C18H16F4N2O4. The van der Waals surface area contributed by atoms with E-state index in [9.17, 15) is 31.9 Å². The second-order valence-corrected chi connectivity index (χ2v) is 5.86. The van der Waals surface area contributed by atoms with Gasteiger partial charge in [-0.15, -0.1) is 0 Å². The predicted molar refractivity (Wildman–Crippen MR) is 89.5 cm³/mol. The monoisotopic (exact) mass is 400 g/mol. The van der Waals surface area contributed by atoms with Gasteiger partial charge in [-0.3, -0.25) is 14.4 Å². The van der Waals surface area contributed by atoms with Gasteiger partial charge in [0.25, 0.3) is 11.5 Å². The van der Waals surface area contributed by atoms with Gasteiger partial charge in [0.05, 0.1) is 5.56 Å². The highest BCUT2D eigenvalue weighted by atomic mass is 19.4. The van der Waals surface area contributed by atoms with Crippen LogP contribution in [0, 0.1) is 5.82 Å². The average Bonchev–Trinajstić information content (AvgIpc) is 2.61. The van der Waals surface area contributed by atoms with E-state index < -0.39 is 47.6 Å². The lowest BCUT2D eigenvalue weighted by Gasteiger charge is -2.15. The number of rotatable bonds is 6. The Morgan fingerprint density at radius 1 is 1.14 bits per heavy atom. The molecule has 2 aromatic rings. The number of hydrogen-bond acceptors (Lipinski definition) is 4. The molecule has 0 aliphatic rings. The molecular weight excluding hydrogens is 384 g/mol. The number of nitrogens with zero attached hydrogens (tertiary/aromatic N) is 1. The summed E-state index contributed by atoms with van der Waals surface area (Å²) in [7, 11) is 0. The molecule has 0 aliphatic carbocycles. The number of ether oxygens (including phenoxy) is 1. The number of hydrogen-bond donors (Lipinski definition) is 1. The van der Waals surface area contributed by atoms with Gasteiger partial charge in [0.15, 0.2) is 6.10 Å². The number of halogens is 4. The average molecular weight is 400 g/mol. The maximum absolute atomic E-state index is 12.8. The minimum atomic E-state index is -4.67. The molecule has 1 N–H and O–H groups in total. The van der Waals surface area contributed by atoms with Gasteiger partial charge in [0.1, 0.15) is 12.4 Å². The number of carbonyl (C=O) groups excluding carboxylic acids is 2. The maximum Gasteiger partial charge on any atom is 0.417 e. The van der Waals surface area contributed by atoms with Gasteiger partial charge in [0, 0.05) is 18.8 Å². The van der Waals surface area contributed by atoms with E-state index in [1.165, 1.54) is 31.2 Å². The van der Waals surface area contributed by atoms with Crippen LogP contribution in [0.4, 0.5) is 17.6 Å². The van der Waals surface area contributed by atoms with Crippen molar-refractivity contribution in [3.05, 3.63) is 69.9 Å². The fraction of sp³-hybridized carbons (Fsp3) is 0.278. The van der Waals surface area contributed by atoms with Crippen molar-refractivity contribution in [3.8, 4) is 0 Å². The van der Waals surface area contributed by atoms with Crippen molar-refractivity contribution < 1.29 is 31.9 Å². The number of alkyl halides is 3. The zero-order valence-electron chi connectivity index (χ0n) is 14.6. The second-order valence-electron chi connectivity index (χ2n) is 5.86. The maximum atomic E-state index is 12.8. The minimum absolute atomic E-state index is 0.0636. The number of pyridine rings is 1. The first kappa shape index (κ1) is 21.1. The Morgan fingerprint density at radius 3 is 2.39 bits per heavy atom. The van der Waals surface area contributed by atoms with Crippen LogP contribution in [-0.4, -0.2) is 22.5 Å². The lowest BCUT2D eigenvalue weighted by Crippen LogP contribution is -2.37. The third-order valence-electron chi connectivity index (χ3n) is 3.67. The molecule has 1 unspecified atom stereocenters. The number of carbonyl (C=O) groups is 2. The number of benzene rings is 1. The van der Waals surface area contributed by atoms with E-state index in [0.29, 0.717) is 28.5 Å². The van der Waals surface area contributed by atoms with E-state index in [-0.39, 0.29) is 6.54 Å². The normalized spacial score (nSPS) is 12.3. The van der Waals surface area contributed by atoms with Crippen molar-refractivity contribution in [2.45, 2.75) is 32.3 Å². The summed E-state index contributed by atoms with van der Waals surface area (Å²) in [5.41, 5.74) is -1.30. The Hall–Kier alpha value is -3.17. The molecule has 6 nitrogen and oxygen atoms in total. The van der Waals surface area contributed by atoms with Gasteiger partial charge >= 0.3 is 12.1 Å². The molecule has 2 rings (SSSR count). The van der Waals surface area contributed by atoms with Gasteiger partial charge in [-0.05, 0) is 30.7 Å². The third kappa shape index (κ3) is 5.93. The molecule has 0 radical (unpaired) electrons. The summed E-state index contributed by atoms with van der Waals surface area (Å²) in [4.78, 5) is 35.4. The summed E-state index contributed by atoms with van der Waals surface area (Å²) in [6, 6.07) is 6.67. The number of aromatic nitrogens is 1. The zero-order chi connectivity index (χ0) is 20.9. The number of amides is 1. The van der Waals surface area contributed by atoms with Gasteiger partial charge < -0.3 is 14.6 Å². The second kappa shape index (κ2) is 8.68. The first-order chi connectivity index (χ1) is 13.1. The quantitative estimate of drug-likeness (QED) is 0.596. The fourth-order valence-corrected chi connectivity index (χ4v) is 2.18. The summed E-state index contributed by atoms with van der Waals surface area (Å²) >= 11 is 0. The van der Waals surface area contributed by atoms with Crippen molar-refractivity contribution in [1.29, 1.82) is 0 Å². The summed E-state index contributed by atoms with van der Waals surface area (Å²) in [6.45, 7) is 0.555. The molecule has 0 aliphatic heterocycles. The lowest BCUT2D eigenvalue weighted by atomic mass is 10.2. The van der Waals surface area contributed by atoms with E-state index in [2.05, 4.69) is 5.32 Å². The van der Waals surface area contributed by atoms with Gasteiger partial charge in [-0.25, -0.2) is 4.39 Å². The molecule has 1 amide bonds. The summed E-state index contributed by atoms with van der Waals surface area (Å²) in [5.74, 6) is -2.14. The molecule has 1 aromatic carbocycles. The van der Waals surface area contributed by atoms with Crippen LogP contribution in [0.25, 0.3) is 0 Å². The first-order valence-corrected chi connectivity index (χ1v) is 8.05. The summed E-state index contributed by atoms with van der Waals surface area (Å²) in [6.07, 6.45) is -5.41. The van der Waals surface area contributed by atoms with Crippen LogP contribution in [-0.2, 0) is 33.6 Å². The molecule has 1 heterocycles. The topological polar surface area (TPSA) is 77.4 Å². The van der Waals surface area contributed by atoms with Crippen LogP contribution in [0.5, 0.6) is 0 Å². The largest absolute Gasteiger partial charge is 0.451 e. The van der Waals surface area contributed by atoms with E-state index in [4.69, 9.17) is 4.74 Å². The smallest absolute Gasteiger partial charge is 0.417 e. The lowest BCUT2D eigenvalue weighted by molar-refractivity contribution is -0.155. The first-order valence-electron chi connectivity index (χ1n) is 8.05. The Morgan fingerprint density at radius 2 is 1.79 bits per heavy atom. The zero-order valence-corrected chi connectivity index (χ0v) is 14.6. The van der Waals surface area contributed by atoms with Crippen molar-refractivity contribution in [2.24, 2.45) is 0 Å². The molecule has 0 bridgehead atoms. The summed E-state index contributed by atoms with van der Waals surface area (Å²) < 4.78 is 56.3. The fourth-order valence-electron chi connectivity index (χ4n) is 2.18. The van der Waals surface area contributed by atoms with Crippen LogP contribution in [0.3, 0.4) is 0 Å². The Kier molecular flexibility index (Phi) is 6.55. The molecule has 1 atom stereocenters. The Labute approximate surface area is 156 Å². The number of nitrogens with one attached hydrogen (secondary N) is 1. The van der Waals surface area contributed by atoms with E-state index in [1.54, 1.807) is 0 Å². The standard InChI is InChI=1S/C18H16F4N2O4/c1-11(17(27)23-8-12-2-5-14(19)6-3-12)28-16(26)10-24-9-13(18(20,21)22)4-7-15(24)25/h2-7,9,11H,8,10H2,1H3,(H,23,27). The molecule has 0 spiro atoms. The van der Waals surface area contributed by atoms with Crippen LogP contribution >= 0.6 is 0 Å². The summed E-state index contributed by atoms with van der Waals surface area (Å²) in [5, 5.41) is 2.47. The van der Waals surface area contributed by atoms with Crippen molar-refractivity contribution in [2.75, 3.05) is 0 Å². The van der Waals surface area contributed by atoms with Crippen LogP contribution in [0.2, 0.25) is 0 Å². The van der Waals surface area contributed by atoms with Crippen LogP contribution < -0.4 is 10.9 Å².